The van der Waals surface area contributed by atoms with Crippen molar-refractivity contribution in [3.63, 3.8) is 0 Å². The molecule has 3 heteroatoms. The predicted octanol–water partition coefficient (Wildman–Crippen LogP) is 4.01. The van der Waals surface area contributed by atoms with E-state index >= 15 is 0 Å². The molecule has 19 heavy (non-hydrogen) atoms. The molecule has 1 heterocycles. The SMILES string of the molecule is CCCNC(Cc1ccoc1)c1ccc(F)c(C)c1. The first kappa shape index (κ1) is 13.8. The fraction of sp³-hybridized carbons (Fsp3) is 0.375. The van der Waals surface area contributed by atoms with Gasteiger partial charge < -0.3 is 9.73 Å². The summed E-state index contributed by atoms with van der Waals surface area (Å²) in [5, 5.41) is 3.51. The Bertz CT molecular complexity index is 507. The number of hydrogen-bond donors (Lipinski definition) is 1. The van der Waals surface area contributed by atoms with Crippen molar-refractivity contribution in [2.75, 3.05) is 6.54 Å². The number of hydrogen-bond acceptors (Lipinski definition) is 2. The van der Waals surface area contributed by atoms with E-state index in [0.717, 1.165) is 30.5 Å². The van der Waals surface area contributed by atoms with Gasteiger partial charge in [-0.3, -0.25) is 0 Å². The second-order valence-corrected chi connectivity index (χ2v) is 4.85. The van der Waals surface area contributed by atoms with E-state index in [9.17, 15) is 4.39 Å². The summed E-state index contributed by atoms with van der Waals surface area (Å²) in [6, 6.07) is 7.48. The van der Waals surface area contributed by atoms with Crippen LogP contribution < -0.4 is 5.32 Å². The summed E-state index contributed by atoms with van der Waals surface area (Å²) in [6.45, 7) is 4.88. The van der Waals surface area contributed by atoms with Crippen LogP contribution in [-0.2, 0) is 6.42 Å². The predicted molar refractivity (Wildman–Crippen MR) is 74.6 cm³/mol. The van der Waals surface area contributed by atoms with E-state index in [1.165, 1.54) is 0 Å². The lowest BCUT2D eigenvalue weighted by Gasteiger charge is -2.19. The molecule has 0 spiro atoms. The summed E-state index contributed by atoms with van der Waals surface area (Å²) >= 11 is 0. The maximum atomic E-state index is 13.4. The molecule has 1 unspecified atom stereocenters. The highest BCUT2D eigenvalue weighted by atomic mass is 19.1. The van der Waals surface area contributed by atoms with Crippen LogP contribution in [0.1, 0.15) is 36.1 Å². The molecule has 1 N–H and O–H groups in total. The van der Waals surface area contributed by atoms with Crippen LogP contribution >= 0.6 is 0 Å². The number of benzene rings is 1. The number of rotatable bonds is 6. The number of nitrogens with one attached hydrogen (secondary N) is 1. The minimum absolute atomic E-state index is 0.152. The number of halogens is 1. The minimum atomic E-state index is -0.152. The van der Waals surface area contributed by atoms with Crippen LogP contribution in [0.3, 0.4) is 0 Å². The first-order chi connectivity index (χ1) is 9.20. The Morgan fingerprint density at radius 2 is 2.16 bits per heavy atom. The standard InChI is InChI=1S/C16H20FNO/c1-3-7-18-16(10-13-6-8-19-11-13)14-4-5-15(17)12(2)9-14/h4-6,8-9,11,16,18H,3,7,10H2,1-2H3. The van der Waals surface area contributed by atoms with Crippen LogP contribution in [0.25, 0.3) is 0 Å². The summed E-state index contributed by atoms with van der Waals surface area (Å²) < 4.78 is 18.5. The molecular weight excluding hydrogens is 241 g/mol. The number of aryl methyl sites for hydroxylation is 1. The van der Waals surface area contributed by atoms with Gasteiger partial charge in [-0.05, 0) is 55.1 Å². The van der Waals surface area contributed by atoms with Gasteiger partial charge in [-0.15, -0.1) is 0 Å². The third-order valence-corrected chi connectivity index (χ3v) is 3.25. The Kier molecular flexibility index (Phi) is 4.74. The minimum Gasteiger partial charge on any atom is -0.472 e. The van der Waals surface area contributed by atoms with Gasteiger partial charge >= 0.3 is 0 Å². The van der Waals surface area contributed by atoms with Crippen molar-refractivity contribution in [2.45, 2.75) is 32.7 Å². The molecule has 102 valence electrons. The molecule has 0 radical (unpaired) electrons. The Balaban J connectivity index is 2.18. The average Bonchev–Trinajstić information content (AvgIpc) is 2.91. The molecule has 0 saturated heterocycles. The van der Waals surface area contributed by atoms with Crippen LogP contribution in [0.15, 0.2) is 41.2 Å². The summed E-state index contributed by atoms with van der Waals surface area (Å²) in [5.41, 5.74) is 2.96. The van der Waals surface area contributed by atoms with E-state index in [1.807, 2.05) is 18.2 Å². The van der Waals surface area contributed by atoms with E-state index in [-0.39, 0.29) is 11.9 Å². The molecular formula is C16H20FNO. The van der Waals surface area contributed by atoms with Crippen molar-refractivity contribution in [1.82, 2.24) is 5.32 Å². The molecule has 0 amide bonds. The van der Waals surface area contributed by atoms with E-state index in [1.54, 1.807) is 25.5 Å². The molecule has 0 aliphatic rings. The van der Waals surface area contributed by atoms with Crippen molar-refractivity contribution < 1.29 is 8.81 Å². The normalized spacial score (nSPS) is 12.6. The van der Waals surface area contributed by atoms with Crippen LogP contribution in [0.4, 0.5) is 4.39 Å². The zero-order chi connectivity index (χ0) is 13.7. The fourth-order valence-corrected chi connectivity index (χ4v) is 2.16. The Morgan fingerprint density at radius 1 is 1.32 bits per heavy atom. The van der Waals surface area contributed by atoms with Crippen molar-refractivity contribution in [1.29, 1.82) is 0 Å². The first-order valence-electron chi connectivity index (χ1n) is 6.71. The molecule has 0 bridgehead atoms. The molecule has 0 saturated carbocycles. The van der Waals surface area contributed by atoms with Gasteiger partial charge in [-0.2, -0.15) is 0 Å². The average molecular weight is 261 g/mol. The molecule has 0 aliphatic carbocycles. The lowest BCUT2D eigenvalue weighted by Crippen LogP contribution is -2.24. The van der Waals surface area contributed by atoms with Crippen molar-refractivity contribution >= 4 is 0 Å². The highest BCUT2D eigenvalue weighted by Gasteiger charge is 2.13. The van der Waals surface area contributed by atoms with Gasteiger partial charge in [0.15, 0.2) is 0 Å². The zero-order valence-electron chi connectivity index (χ0n) is 11.4. The zero-order valence-corrected chi connectivity index (χ0v) is 11.4. The third kappa shape index (κ3) is 3.67. The van der Waals surface area contributed by atoms with E-state index in [2.05, 4.69) is 12.2 Å². The van der Waals surface area contributed by atoms with Gasteiger partial charge in [0.2, 0.25) is 0 Å². The Labute approximate surface area is 113 Å². The van der Waals surface area contributed by atoms with E-state index in [0.29, 0.717) is 5.56 Å². The largest absolute Gasteiger partial charge is 0.472 e. The van der Waals surface area contributed by atoms with Gasteiger partial charge in [0.25, 0.3) is 0 Å². The maximum absolute atomic E-state index is 13.4. The Hall–Kier alpha value is -1.61. The highest BCUT2D eigenvalue weighted by molar-refractivity contribution is 5.28. The van der Waals surface area contributed by atoms with Gasteiger partial charge in [-0.25, -0.2) is 4.39 Å². The lowest BCUT2D eigenvalue weighted by atomic mass is 9.98. The summed E-state index contributed by atoms with van der Waals surface area (Å²) in [5.74, 6) is -0.152. The second kappa shape index (κ2) is 6.53. The summed E-state index contributed by atoms with van der Waals surface area (Å²) in [6.07, 6.45) is 5.36. The summed E-state index contributed by atoms with van der Waals surface area (Å²) in [7, 11) is 0. The monoisotopic (exact) mass is 261 g/mol. The molecule has 2 rings (SSSR count). The van der Waals surface area contributed by atoms with Crippen molar-refractivity contribution in [3.05, 3.63) is 59.3 Å². The van der Waals surface area contributed by atoms with Crippen molar-refractivity contribution in [2.24, 2.45) is 0 Å². The molecule has 1 aromatic carbocycles. The van der Waals surface area contributed by atoms with Gasteiger partial charge in [-0.1, -0.05) is 19.1 Å². The van der Waals surface area contributed by atoms with Gasteiger partial charge in [0, 0.05) is 6.04 Å². The van der Waals surface area contributed by atoms with E-state index in [4.69, 9.17) is 4.42 Å². The molecule has 1 aromatic heterocycles. The first-order valence-corrected chi connectivity index (χ1v) is 6.71. The molecule has 2 nitrogen and oxygen atoms in total. The molecule has 2 aromatic rings. The maximum Gasteiger partial charge on any atom is 0.126 e. The third-order valence-electron chi connectivity index (χ3n) is 3.25. The molecule has 0 fully saturated rings. The van der Waals surface area contributed by atoms with Crippen LogP contribution in [0.2, 0.25) is 0 Å². The fourth-order valence-electron chi connectivity index (χ4n) is 2.16. The smallest absolute Gasteiger partial charge is 0.126 e. The summed E-state index contributed by atoms with van der Waals surface area (Å²) in [4.78, 5) is 0. The van der Waals surface area contributed by atoms with Crippen LogP contribution in [0.5, 0.6) is 0 Å². The Morgan fingerprint density at radius 3 is 2.79 bits per heavy atom. The van der Waals surface area contributed by atoms with Crippen LogP contribution in [0, 0.1) is 12.7 Å². The highest BCUT2D eigenvalue weighted by Crippen LogP contribution is 2.21. The van der Waals surface area contributed by atoms with Gasteiger partial charge in [0.05, 0.1) is 12.5 Å². The van der Waals surface area contributed by atoms with Crippen molar-refractivity contribution in [3.8, 4) is 0 Å². The van der Waals surface area contributed by atoms with E-state index < -0.39 is 0 Å². The lowest BCUT2D eigenvalue weighted by molar-refractivity contribution is 0.518. The van der Waals surface area contributed by atoms with Crippen LogP contribution in [-0.4, -0.2) is 6.54 Å². The molecule has 0 aliphatic heterocycles. The topological polar surface area (TPSA) is 25.2 Å². The molecule has 1 atom stereocenters. The van der Waals surface area contributed by atoms with Gasteiger partial charge in [0.1, 0.15) is 5.82 Å². The quantitative estimate of drug-likeness (QED) is 0.850. The second-order valence-electron chi connectivity index (χ2n) is 4.85. The number of furan rings is 1.